The molecule has 0 saturated heterocycles. The molecule has 2 rings (SSSR count). The lowest BCUT2D eigenvalue weighted by atomic mass is 10.0. The van der Waals surface area contributed by atoms with Crippen molar-refractivity contribution in [3.8, 4) is 0 Å². The molecule has 22 heavy (non-hydrogen) atoms. The van der Waals surface area contributed by atoms with Crippen LogP contribution >= 0.6 is 23.5 Å². The maximum atomic E-state index is 2.29. The number of hydrogen-bond acceptors (Lipinski definition) is 3. The van der Waals surface area contributed by atoms with Gasteiger partial charge >= 0.3 is 0 Å². The molecule has 118 valence electrons. The molecule has 0 aliphatic carbocycles. The fraction of sp³-hybridized carbons (Fsp3) is 0.368. The largest absolute Gasteiger partial charge is 0.309 e. The van der Waals surface area contributed by atoms with Crippen LogP contribution in [0.25, 0.3) is 0 Å². The molecule has 0 aliphatic rings. The predicted molar refractivity (Wildman–Crippen MR) is 102 cm³/mol. The number of nitrogens with zero attached hydrogens (tertiary/aromatic N) is 1. The topological polar surface area (TPSA) is 3.24 Å². The minimum atomic E-state index is 0.418. The van der Waals surface area contributed by atoms with Gasteiger partial charge < -0.3 is 4.90 Å². The molecule has 1 nitrogen and oxygen atoms in total. The Morgan fingerprint density at radius 3 is 2.14 bits per heavy atom. The van der Waals surface area contributed by atoms with E-state index in [4.69, 9.17) is 0 Å². The van der Waals surface area contributed by atoms with Crippen LogP contribution in [0.1, 0.15) is 23.3 Å². The first kappa shape index (κ1) is 17.5. The molecule has 0 spiro atoms. The van der Waals surface area contributed by atoms with Gasteiger partial charge in [0.1, 0.15) is 0 Å². The van der Waals surface area contributed by atoms with Crippen LogP contribution in [0.15, 0.2) is 59.5 Å². The fourth-order valence-electron chi connectivity index (χ4n) is 2.27. The van der Waals surface area contributed by atoms with Crippen LogP contribution in [-0.2, 0) is 0 Å². The van der Waals surface area contributed by atoms with Crippen LogP contribution in [0.2, 0.25) is 0 Å². The van der Waals surface area contributed by atoms with Crippen LogP contribution in [0.4, 0.5) is 0 Å². The Morgan fingerprint density at radius 2 is 1.55 bits per heavy atom. The van der Waals surface area contributed by atoms with E-state index in [-0.39, 0.29) is 0 Å². The first-order valence-corrected chi connectivity index (χ1v) is 9.78. The quantitative estimate of drug-likeness (QED) is 0.613. The Hall–Kier alpha value is -0.900. The summed E-state index contributed by atoms with van der Waals surface area (Å²) < 4.78 is 0. The van der Waals surface area contributed by atoms with E-state index in [0.717, 1.165) is 18.1 Å². The third kappa shape index (κ3) is 5.38. The molecule has 2 aromatic carbocycles. The predicted octanol–water partition coefficient (Wildman–Crippen LogP) is 5.18. The van der Waals surface area contributed by atoms with Gasteiger partial charge in [-0.15, -0.1) is 23.5 Å². The molecule has 2 aromatic rings. The number of rotatable bonds is 8. The summed E-state index contributed by atoms with van der Waals surface area (Å²) in [4.78, 5) is 3.60. The van der Waals surface area contributed by atoms with Crippen molar-refractivity contribution < 1.29 is 0 Å². The zero-order chi connectivity index (χ0) is 15.8. The third-order valence-electron chi connectivity index (χ3n) is 3.42. The lowest BCUT2D eigenvalue weighted by Crippen LogP contribution is -2.15. The van der Waals surface area contributed by atoms with Crippen LogP contribution in [0, 0.1) is 0 Å². The highest BCUT2D eigenvalue weighted by Gasteiger charge is 2.14. The van der Waals surface area contributed by atoms with Crippen molar-refractivity contribution in [3.63, 3.8) is 0 Å². The van der Waals surface area contributed by atoms with Crippen LogP contribution in [0.3, 0.4) is 0 Å². The van der Waals surface area contributed by atoms with E-state index in [9.17, 15) is 0 Å². The van der Waals surface area contributed by atoms with Gasteiger partial charge in [0.15, 0.2) is 0 Å². The summed E-state index contributed by atoms with van der Waals surface area (Å²) in [6, 6.07) is 19.9. The fourth-order valence-corrected chi connectivity index (χ4v) is 4.34. The second-order valence-electron chi connectivity index (χ2n) is 5.47. The van der Waals surface area contributed by atoms with E-state index >= 15 is 0 Å². The van der Waals surface area contributed by atoms with E-state index in [1.165, 1.54) is 16.0 Å². The van der Waals surface area contributed by atoms with Crippen molar-refractivity contribution in [2.75, 3.05) is 32.1 Å². The van der Waals surface area contributed by atoms with E-state index in [1.807, 2.05) is 23.5 Å². The van der Waals surface area contributed by atoms with Crippen LogP contribution in [0.5, 0.6) is 0 Å². The number of hydrogen-bond donors (Lipinski definition) is 0. The minimum absolute atomic E-state index is 0.418. The smallest absolute Gasteiger partial charge is 0.0547 e. The monoisotopic (exact) mass is 331 g/mol. The van der Waals surface area contributed by atoms with Gasteiger partial charge in [-0.1, -0.05) is 49.4 Å². The van der Waals surface area contributed by atoms with Crippen molar-refractivity contribution >= 4 is 23.5 Å². The molecule has 0 fully saturated rings. The molecule has 1 unspecified atom stereocenters. The van der Waals surface area contributed by atoms with Gasteiger partial charge in [-0.25, -0.2) is 0 Å². The summed E-state index contributed by atoms with van der Waals surface area (Å²) in [5.74, 6) is 2.26. The Kier molecular flexibility index (Phi) is 7.37. The average molecular weight is 332 g/mol. The van der Waals surface area contributed by atoms with E-state index in [0.29, 0.717) is 5.25 Å². The van der Waals surface area contributed by atoms with Gasteiger partial charge in [-0.3, -0.25) is 0 Å². The normalized spacial score (nSPS) is 12.5. The molecular formula is C19H25NS2. The first-order chi connectivity index (χ1) is 10.7. The third-order valence-corrected chi connectivity index (χ3v) is 5.61. The van der Waals surface area contributed by atoms with Crippen molar-refractivity contribution in [3.05, 3.63) is 65.7 Å². The Balaban J connectivity index is 2.16. The Labute approximate surface area is 143 Å². The van der Waals surface area contributed by atoms with E-state index < -0.39 is 0 Å². The summed E-state index contributed by atoms with van der Waals surface area (Å²) in [5.41, 5.74) is 2.79. The first-order valence-electron chi connectivity index (χ1n) is 7.74. The molecular weight excluding hydrogens is 306 g/mol. The number of benzene rings is 2. The Morgan fingerprint density at radius 1 is 0.909 bits per heavy atom. The van der Waals surface area contributed by atoms with Gasteiger partial charge in [0.05, 0.1) is 5.25 Å². The summed E-state index contributed by atoms with van der Waals surface area (Å²) >= 11 is 3.93. The van der Waals surface area contributed by atoms with Crippen LogP contribution in [-0.4, -0.2) is 37.0 Å². The zero-order valence-electron chi connectivity index (χ0n) is 13.7. The summed E-state index contributed by atoms with van der Waals surface area (Å²) in [6.45, 7) is 3.31. The molecule has 0 bridgehead atoms. The molecule has 0 aromatic heterocycles. The summed E-state index contributed by atoms with van der Waals surface area (Å²) in [7, 11) is 4.27. The van der Waals surface area contributed by atoms with E-state index in [1.54, 1.807) is 0 Å². The van der Waals surface area contributed by atoms with Gasteiger partial charge in [0.25, 0.3) is 0 Å². The standard InChI is InChI=1S/C19H25NS2/c1-4-21-18-12-10-17(11-13-18)19(22-15-14-20(2)3)16-8-6-5-7-9-16/h5-13,19H,4,14-15H2,1-3H3. The van der Waals surface area contributed by atoms with E-state index in [2.05, 4.69) is 80.5 Å². The molecule has 0 heterocycles. The number of thioether (sulfide) groups is 2. The molecule has 0 amide bonds. The zero-order valence-corrected chi connectivity index (χ0v) is 15.3. The molecule has 3 heteroatoms. The molecule has 0 saturated carbocycles. The molecule has 0 N–H and O–H groups in total. The lowest BCUT2D eigenvalue weighted by Gasteiger charge is -2.19. The second kappa shape index (κ2) is 9.29. The summed E-state index contributed by atoms with van der Waals surface area (Å²) in [6.07, 6.45) is 0. The van der Waals surface area contributed by atoms with Gasteiger partial charge in [-0.05, 0) is 43.1 Å². The Bertz CT molecular complexity index is 537. The van der Waals surface area contributed by atoms with Crippen molar-refractivity contribution in [1.29, 1.82) is 0 Å². The van der Waals surface area contributed by atoms with Gasteiger partial charge in [0, 0.05) is 17.2 Å². The van der Waals surface area contributed by atoms with Crippen molar-refractivity contribution in [2.24, 2.45) is 0 Å². The van der Waals surface area contributed by atoms with Gasteiger partial charge in [-0.2, -0.15) is 0 Å². The SMILES string of the molecule is CCSc1ccc(C(SCCN(C)C)c2ccccc2)cc1. The second-order valence-corrected chi connectivity index (χ2v) is 8.02. The van der Waals surface area contributed by atoms with Crippen molar-refractivity contribution in [1.82, 2.24) is 4.90 Å². The lowest BCUT2D eigenvalue weighted by molar-refractivity contribution is 0.437. The summed E-state index contributed by atoms with van der Waals surface area (Å²) in [5, 5.41) is 0.418. The molecule has 0 aliphatic heterocycles. The minimum Gasteiger partial charge on any atom is -0.309 e. The van der Waals surface area contributed by atoms with Crippen LogP contribution < -0.4 is 0 Å². The van der Waals surface area contributed by atoms with Crippen molar-refractivity contribution in [2.45, 2.75) is 17.1 Å². The highest BCUT2D eigenvalue weighted by molar-refractivity contribution is 7.99. The maximum absolute atomic E-state index is 2.29. The maximum Gasteiger partial charge on any atom is 0.0547 e. The average Bonchev–Trinajstić information content (AvgIpc) is 2.53. The van der Waals surface area contributed by atoms with Gasteiger partial charge in [0.2, 0.25) is 0 Å². The highest BCUT2D eigenvalue weighted by atomic mass is 32.2. The molecule has 0 radical (unpaired) electrons. The molecule has 1 atom stereocenters. The highest BCUT2D eigenvalue weighted by Crippen LogP contribution is 2.36.